The lowest BCUT2D eigenvalue weighted by atomic mass is 10.0. The van der Waals surface area contributed by atoms with Crippen LogP contribution in [-0.2, 0) is 6.54 Å². The number of hydrogen-bond acceptors (Lipinski definition) is 8. The summed E-state index contributed by atoms with van der Waals surface area (Å²) in [6, 6.07) is 6.68. The Labute approximate surface area is 173 Å². The minimum absolute atomic E-state index is 0.0970. The number of nitriles is 1. The molecule has 10 heteroatoms. The number of imidazole rings is 1. The van der Waals surface area contributed by atoms with Crippen molar-refractivity contribution in [2.75, 3.05) is 37.3 Å². The van der Waals surface area contributed by atoms with E-state index in [-0.39, 0.29) is 36.4 Å². The van der Waals surface area contributed by atoms with Crippen molar-refractivity contribution in [2.24, 2.45) is 0 Å². The lowest BCUT2D eigenvalue weighted by Crippen LogP contribution is -2.38. The Bertz CT molecular complexity index is 1090. The van der Waals surface area contributed by atoms with Crippen LogP contribution >= 0.6 is 0 Å². The molecule has 0 amide bonds. The summed E-state index contributed by atoms with van der Waals surface area (Å²) >= 11 is 0. The van der Waals surface area contributed by atoms with E-state index in [0.29, 0.717) is 23.7 Å². The Hall–Kier alpha value is -3.29. The molecule has 1 aliphatic rings. The number of piperidine rings is 1. The number of fused-ring (bicyclic) bond motifs is 1. The molecule has 0 radical (unpaired) electrons. The van der Waals surface area contributed by atoms with Crippen LogP contribution in [0, 0.1) is 17.1 Å². The summed E-state index contributed by atoms with van der Waals surface area (Å²) in [5.74, 6) is 0.840. The molecular formula is C20H23FN8O. The van der Waals surface area contributed by atoms with E-state index in [4.69, 9.17) is 10.7 Å². The Kier molecular flexibility index (Phi) is 5.74. The average Bonchev–Trinajstić information content (AvgIpc) is 3.10. The van der Waals surface area contributed by atoms with Crippen molar-refractivity contribution >= 4 is 22.7 Å². The highest BCUT2D eigenvalue weighted by atomic mass is 19.1. The summed E-state index contributed by atoms with van der Waals surface area (Å²) in [4.78, 5) is 14.9. The summed E-state index contributed by atoms with van der Waals surface area (Å²) in [6.45, 7) is 2.68. The quantitative estimate of drug-likeness (QED) is 0.560. The predicted octanol–water partition coefficient (Wildman–Crippen LogP) is 1.66. The third-order valence-electron chi connectivity index (χ3n) is 5.39. The number of nitrogens with two attached hydrogens (primary N) is 1. The molecule has 3 heterocycles. The molecule has 1 fully saturated rings. The van der Waals surface area contributed by atoms with Crippen molar-refractivity contribution < 1.29 is 9.50 Å². The van der Waals surface area contributed by atoms with Crippen molar-refractivity contribution in [3.05, 3.63) is 41.7 Å². The van der Waals surface area contributed by atoms with Gasteiger partial charge in [0.25, 0.3) is 0 Å². The molecule has 4 rings (SSSR count). The van der Waals surface area contributed by atoms with Crippen molar-refractivity contribution in [3.8, 4) is 6.07 Å². The topological polar surface area (TPSA) is 129 Å². The van der Waals surface area contributed by atoms with Gasteiger partial charge in [0.1, 0.15) is 41.2 Å². The number of nitrogen functional groups attached to an aromatic ring is 1. The fraction of sp³-hybridized carbons (Fsp3) is 0.400. The van der Waals surface area contributed by atoms with Crippen LogP contribution in [0.3, 0.4) is 0 Å². The Balaban J connectivity index is 1.69. The monoisotopic (exact) mass is 410 g/mol. The van der Waals surface area contributed by atoms with Gasteiger partial charge in [0.15, 0.2) is 0 Å². The number of rotatable bonds is 6. The van der Waals surface area contributed by atoms with E-state index in [2.05, 4.69) is 24.8 Å². The molecule has 0 spiro atoms. The summed E-state index contributed by atoms with van der Waals surface area (Å²) in [6.07, 6.45) is 3.21. The van der Waals surface area contributed by atoms with Crippen LogP contribution in [0.15, 0.2) is 24.5 Å². The first-order valence-electron chi connectivity index (χ1n) is 9.84. The Morgan fingerprint density at radius 2 is 2.23 bits per heavy atom. The zero-order valence-electron chi connectivity index (χ0n) is 16.4. The van der Waals surface area contributed by atoms with E-state index in [1.807, 2.05) is 6.07 Å². The maximum Gasteiger partial charge on any atom is 0.149 e. The maximum absolute atomic E-state index is 14.0. The zero-order chi connectivity index (χ0) is 21.1. The van der Waals surface area contributed by atoms with Gasteiger partial charge < -0.3 is 20.7 Å². The molecule has 30 heavy (non-hydrogen) atoms. The van der Waals surface area contributed by atoms with Crippen molar-refractivity contribution in [1.82, 2.24) is 24.4 Å². The SMILES string of the molecule is N#Cc1c(N)ncnc1NCc1nc2ccc(F)cc2n1[C@H]1CCCN(CCO)C1. The highest BCUT2D eigenvalue weighted by molar-refractivity contribution is 5.76. The third kappa shape index (κ3) is 3.90. The highest BCUT2D eigenvalue weighted by Gasteiger charge is 2.25. The maximum atomic E-state index is 14.0. The van der Waals surface area contributed by atoms with Gasteiger partial charge in [0.05, 0.1) is 24.2 Å². The number of likely N-dealkylation sites (tertiary alicyclic amines) is 1. The number of nitrogens with one attached hydrogen (secondary N) is 1. The molecule has 4 N–H and O–H groups in total. The Morgan fingerprint density at radius 3 is 3.03 bits per heavy atom. The Morgan fingerprint density at radius 1 is 1.37 bits per heavy atom. The third-order valence-corrected chi connectivity index (χ3v) is 5.39. The molecule has 0 aliphatic carbocycles. The summed E-state index contributed by atoms with van der Waals surface area (Å²) in [5, 5.41) is 21.8. The number of anilines is 2. The van der Waals surface area contributed by atoms with Crippen LogP contribution in [-0.4, -0.2) is 55.8 Å². The molecule has 2 aromatic heterocycles. The number of β-amino-alcohol motifs (C(OH)–C–C–N with tert-alkyl or cyclic N) is 1. The van der Waals surface area contributed by atoms with Gasteiger partial charge >= 0.3 is 0 Å². The molecule has 156 valence electrons. The van der Waals surface area contributed by atoms with Crippen LogP contribution < -0.4 is 11.1 Å². The second-order valence-corrected chi connectivity index (χ2v) is 7.30. The van der Waals surface area contributed by atoms with Crippen molar-refractivity contribution in [2.45, 2.75) is 25.4 Å². The van der Waals surface area contributed by atoms with Crippen LogP contribution in [0.25, 0.3) is 11.0 Å². The van der Waals surface area contributed by atoms with E-state index < -0.39 is 0 Å². The average molecular weight is 410 g/mol. The number of halogens is 1. The fourth-order valence-electron chi connectivity index (χ4n) is 4.04. The number of aliphatic hydroxyl groups excluding tert-OH is 1. The van der Waals surface area contributed by atoms with Gasteiger partial charge in [-0.15, -0.1) is 0 Å². The summed E-state index contributed by atoms with van der Waals surface area (Å²) in [7, 11) is 0. The minimum Gasteiger partial charge on any atom is -0.395 e. The van der Waals surface area contributed by atoms with Gasteiger partial charge in [-0.05, 0) is 37.6 Å². The van der Waals surface area contributed by atoms with Crippen molar-refractivity contribution in [3.63, 3.8) is 0 Å². The largest absolute Gasteiger partial charge is 0.395 e. The lowest BCUT2D eigenvalue weighted by molar-refractivity contribution is 0.143. The molecular weight excluding hydrogens is 387 g/mol. The minimum atomic E-state index is -0.318. The van der Waals surface area contributed by atoms with Crippen molar-refractivity contribution in [1.29, 1.82) is 5.26 Å². The predicted molar refractivity (Wildman–Crippen MR) is 110 cm³/mol. The van der Waals surface area contributed by atoms with Gasteiger partial charge in [-0.1, -0.05) is 0 Å². The molecule has 0 unspecified atom stereocenters. The zero-order valence-corrected chi connectivity index (χ0v) is 16.4. The van der Waals surface area contributed by atoms with E-state index in [9.17, 15) is 14.8 Å². The van der Waals surface area contributed by atoms with Crippen LogP contribution in [0.5, 0.6) is 0 Å². The first kappa shape index (κ1) is 20.0. The number of aromatic nitrogens is 4. The smallest absolute Gasteiger partial charge is 0.149 e. The molecule has 0 saturated carbocycles. The summed E-state index contributed by atoms with van der Waals surface area (Å²) in [5.41, 5.74) is 7.38. The van der Waals surface area contributed by atoms with E-state index >= 15 is 0 Å². The van der Waals surface area contributed by atoms with Crippen LogP contribution in [0.4, 0.5) is 16.0 Å². The van der Waals surface area contributed by atoms with Crippen LogP contribution in [0.2, 0.25) is 0 Å². The fourth-order valence-corrected chi connectivity index (χ4v) is 4.04. The number of nitrogens with zero attached hydrogens (tertiary/aromatic N) is 6. The second kappa shape index (κ2) is 8.61. The second-order valence-electron chi connectivity index (χ2n) is 7.30. The summed E-state index contributed by atoms with van der Waals surface area (Å²) < 4.78 is 16.1. The molecule has 3 aromatic rings. The van der Waals surface area contributed by atoms with E-state index in [1.54, 1.807) is 6.07 Å². The molecule has 1 aromatic carbocycles. The van der Waals surface area contributed by atoms with Gasteiger partial charge in [0, 0.05) is 19.1 Å². The van der Waals surface area contributed by atoms with Gasteiger partial charge in [0.2, 0.25) is 0 Å². The molecule has 1 aliphatic heterocycles. The molecule has 9 nitrogen and oxygen atoms in total. The van der Waals surface area contributed by atoms with Crippen LogP contribution in [0.1, 0.15) is 30.3 Å². The molecule has 1 saturated heterocycles. The normalized spacial score (nSPS) is 17.2. The number of benzene rings is 1. The molecule has 1 atom stereocenters. The number of hydrogen-bond donors (Lipinski definition) is 3. The van der Waals surface area contributed by atoms with Gasteiger partial charge in [-0.3, -0.25) is 4.90 Å². The van der Waals surface area contributed by atoms with Gasteiger partial charge in [-0.2, -0.15) is 5.26 Å². The first-order valence-corrected chi connectivity index (χ1v) is 9.84. The van der Waals surface area contributed by atoms with E-state index in [0.717, 1.165) is 31.4 Å². The van der Waals surface area contributed by atoms with E-state index in [1.165, 1.54) is 18.5 Å². The lowest BCUT2D eigenvalue weighted by Gasteiger charge is -2.34. The first-order chi connectivity index (χ1) is 14.6. The molecule has 0 bridgehead atoms. The highest BCUT2D eigenvalue weighted by Crippen LogP contribution is 2.29. The standard InChI is InChI=1S/C20H23FN8O/c21-13-3-4-16-17(8-13)29(14-2-1-5-28(11-14)6-7-30)18(27-16)10-24-20-15(9-22)19(23)25-12-26-20/h3-4,8,12,14,30H,1-2,5-7,10-11H2,(H3,23,24,25,26)/t14-/m0/s1. The number of aliphatic hydroxyl groups is 1. The van der Waals surface area contributed by atoms with Gasteiger partial charge in [-0.25, -0.2) is 19.3 Å².